The molecule has 1 unspecified atom stereocenters. The SMILES string of the molecule is CC(c1cccc(S(N)(=O)=O)c1)N(C)C(=O)c1ccc(NS(=O)(=O)c2ccc(F)cc2)cc1. The predicted molar refractivity (Wildman–Crippen MR) is 122 cm³/mol. The third-order valence-electron chi connectivity index (χ3n) is 5.08. The fourth-order valence-corrected chi connectivity index (χ4v) is 4.69. The Morgan fingerprint density at radius 3 is 2.12 bits per heavy atom. The lowest BCUT2D eigenvalue weighted by atomic mass is 10.1. The van der Waals surface area contributed by atoms with Crippen LogP contribution in [-0.2, 0) is 20.0 Å². The van der Waals surface area contributed by atoms with Crippen LogP contribution in [0.25, 0.3) is 0 Å². The normalized spacial score (nSPS) is 12.7. The van der Waals surface area contributed by atoms with Gasteiger partial charge in [-0.1, -0.05) is 12.1 Å². The van der Waals surface area contributed by atoms with Gasteiger partial charge >= 0.3 is 0 Å². The Hall–Kier alpha value is -3.28. The summed E-state index contributed by atoms with van der Waals surface area (Å²) in [5.74, 6) is -0.900. The van der Waals surface area contributed by atoms with E-state index in [-0.39, 0.29) is 21.4 Å². The minimum absolute atomic E-state index is 0.0505. The molecular weight excluding hydrogens is 469 g/mol. The van der Waals surface area contributed by atoms with Crippen molar-refractivity contribution in [2.24, 2.45) is 5.14 Å². The fourth-order valence-electron chi connectivity index (χ4n) is 3.06. The lowest BCUT2D eigenvalue weighted by Gasteiger charge is -2.26. The Morgan fingerprint density at radius 2 is 1.55 bits per heavy atom. The molecule has 0 saturated heterocycles. The summed E-state index contributed by atoms with van der Waals surface area (Å²) < 4.78 is 63.5. The quantitative estimate of drug-likeness (QED) is 0.525. The summed E-state index contributed by atoms with van der Waals surface area (Å²) in [7, 11) is -6.22. The third-order valence-corrected chi connectivity index (χ3v) is 7.39. The van der Waals surface area contributed by atoms with Crippen LogP contribution in [0.15, 0.2) is 82.6 Å². The van der Waals surface area contributed by atoms with Gasteiger partial charge in [-0.05, 0) is 73.2 Å². The summed E-state index contributed by atoms with van der Waals surface area (Å²) in [6.07, 6.45) is 0. The number of hydrogen-bond donors (Lipinski definition) is 2. The van der Waals surface area contributed by atoms with Crippen molar-refractivity contribution >= 4 is 31.6 Å². The first-order valence-electron chi connectivity index (χ1n) is 9.67. The zero-order chi connectivity index (χ0) is 24.4. The van der Waals surface area contributed by atoms with Gasteiger partial charge in [-0.15, -0.1) is 0 Å². The van der Waals surface area contributed by atoms with Crippen LogP contribution in [0.3, 0.4) is 0 Å². The Bertz CT molecular complexity index is 1370. The highest BCUT2D eigenvalue weighted by atomic mass is 32.2. The van der Waals surface area contributed by atoms with Crippen molar-refractivity contribution in [3.63, 3.8) is 0 Å². The molecule has 0 aromatic heterocycles. The van der Waals surface area contributed by atoms with E-state index < -0.39 is 31.9 Å². The zero-order valence-electron chi connectivity index (χ0n) is 17.8. The number of benzene rings is 3. The van der Waals surface area contributed by atoms with Crippen molar-refractivity contribution in [3.8, 4) is 0 Å². The molecule has 3 N–H and O–H groups in total. The number of nitrogens with zero attached hydrogens (tertiary/aromatic N) is 1. The molecule has 33 heavy (non-hydrogen) atoms. The molecule has 11 heteroatoms. The summed E-state index contributed by atoms with van der Waals surface area (Å²) in [5, 5.41) is 5.18. The third kappa shape index (κ3) is 5.75. The molecule has 0 radical (unpaired) electrons. The van der Waals surface area contributed by atoms with Gasteiger partial charge in [-0.25, -0.2) is 26.4 Å². The van der Waals surface area contributed by atoms with Crippen LogP contribution in [0.1, 0.15) is 28.9 Å². The predicted octanol–water partition coefficient (Wildman–Crippen LogP) is 3.11. The number of sulfonamides is 2. The van der Waals surface area contributed by atoms with Crippen LogP contribution >= 0.6 is 0 Å². The van der Waals surface area contributed by atoms with Gasteiger partial charge < -0.3 is 4.90 Å². The topological polar surface area (TPSA) is 127 Å². The summed E-state index contributed by atoms with van der Waals surface area (Å²) in [5.41, 5.74) is 1.12. The molecule has 0 saturated carbocycles. The van der Waals surface area contributed by atoms with E-state index in [1.807, 2.05) is 0 Å². The van der Waals surface area contributed by atoms with E-state index in [4.69, 9.17) is 5.14 Å². The molecule has 0 aliphatic rings. The molecule has 0 aliphatic heterocycles. The Morgan fingerprint density at radius 1 is 0.939 bits per heavy atom. The van der Waals surface area contributed by atoms with E-state index in [9.17, 15) is 26.0 Å². The second-order valence-electron chi connectivity index (χ2n) is 7.35. The Labute approximate surface area is 192 Å². The van der Waals surface area contributed by atoms with E-state index in [0.717, 1.165) is 24.3 Å². The maximum atomic E-state index is 13.0. The number of carbonyl (C=O) groups excluding carboxylic acids is 1. The van der Waals surface area contributed by atoms with Gasteiger partial charge in [-0.3, -0.25) is 9.52 Å². The molecule has 0 spiro atoms. The number of nitrogens with two attached hydrogens (primary N) is 1. The maximum absolute atomic E-state index is 13.0. The molecule has 174 valence electrons. The number of carbonyl (C=O) groups is 1. The molecule has 0 heterocycles. The fraction of sp³-hybridized carbons (Fsp3) is 0.136. The number of primary sulfonamides is 1. The number of halogens is 1. The van der Waals surface area contributed by atoms with Gasteiger partial charge in [0.05, 0.1) is 15.8 Å². The molecule has 8 nitrogen and oxygen atoms in total. The molecule has 3 aromatic rings. The zero-order valence-corrected chi connectivity index (χ0v) is 19.4. The van der Waals surface area contributed by atoms with Crippen molar-refractivity contribution < 1.29 is 26.0 Å². The first kappa shape index (κ1) is 24.4. The van der Waals surface area contributed by atoms with Crippen LogP contribution < -0.4 is 9.86 Å². The molecular formula is C22H22FN3O5S2. The number of anilines is 1. The number of hydrogen-bond acceptors (Lipinski definition) is 5. The first-order valence-corrected chi connectivity index (χ1v) is 12.7. The summed E-state index contributed by atoms with van der Waals surface area (Å²) >= 11 is 0. The van der Waals surface area contributed by atoms with Crippen LogP contribution in [-0.4, -0.2) is 34.7 Å². The standard InChI is InChI=1S/C22H22FN3O5S2/c1-15(17-4-3-5-21(14-17)32(24,28)29)26(2)22(27)16-6-10-19(11-7-16)25-33(30,31)20-12-8-18(23)9-13-20/h3-15,25H,1-2H3,(H2,24,28,29). The van der Waals surface area contributed by atoms with E-state index in [1.165, 1.54) is 41.3 Å². The van der Waals surface area contributed by atoms with E-state index in [0.29, 0.717) is 11.1 Å². The van der Waals surface area contributed by atoms with Crippen molar-refractivity contribution in [2.75, 3.05) is 11.8 Å². The summed E-state index contributed by atoms with van der Waals surface area (Å²) in [6, 6.07) is 15.8. The number of amides is 1. The first-order chi connectivity index (χ1) is 15.4. The molecule has 3 aromatic carbocycles. The van der Waals surface area contributed by atoms with Crippen molar-refractivity contribution in [3.05, 3.63) is 89.7 Å². The van der Waals surface area contributed by atoms with Gasteiger partial charge in [0.15, 0.2) is 0 Å². The second kappa shape index (κ2) is 9.30. The lowest BCUT2D eigenvalue weighted by Crippen LogP contribution is -2.29. The Balaban J connectivity index is 1.75. The van der Waals surface area contributed by atoms with Crippen LogP contribution in [0.2, 0.25) is 0 Å². The summed E-state index contributed by atoms with van der Waals surface area (Å²) in [6.45, 7) is 1.74. The van der Waals surface area contributed by atoms with E-state index in [1.54, 1.807) is 26.1 Å². The molecule has 0 fully saturated rings. The molecule has 1 atom stereocenters. The van der Waals surface area contributed by atoms with Crippen molar-refractivity contribution in [1.82, 2.24) is 4.90 Å². The average Bonchev–Trinajstić information content (AvgIpc) is 2.77. The highest BCUT2D eigenvalue weighted by Gasteiger charge is 2.21. The van der Waals surface area contributed by atoms with Crippen LogP contribution in [0.4, 0.5) is 10.1 Å². The van der Waals surface area contributed by atoms with Crippen molar-refractivity contribution in [2.45, 2.75) is 22.8 Å². The van der Waals surface area contributed by atoms with Gasteiger partial charge in [0.1, 0.15) is 5.82 Å². The lowest BCUT2D eigenvalue weighted by molar-refractivity contribution is 0.0742. The van der Waals surface area contributed by atoms with E-state index in [2.05, 4.69) is 4.72 Å². The number of nitrogens with one attached hydrogen (secondary N) is 1. The summed E-state index contributed by atoms with van der Waals surface area (Å²) in [4.78, 5) is 14.2. The molecule has 1 amide bonds. The Kier molecular flexibility index (Phi) is 6.86. The highest BCUT2D eigenvalue weighted by molar-refractivity contribution is 7.92. The van der Waals surface area contributed by atoms with Gasteiger partial charge in [0.25, 0.3) is 15.9 Å². The second-order valence-corrected chi connectivity index (χ2v) is 10.6. The minimum atomic E-state index is -3.92. The van der Waals surface area contributed by atoms with Crippen LogP contribution in [0, 0.1) is 5.82 Å². The molecule has 3 rings (SSSR count). The van der Waals surface area contributed by atoms with Gasteiger partial charge in [0.2, 0.25) is 10.0 Å². The molecule has 0 aliphatic carbocycles. The number of rotatable bonds is 7. The minimum Gasteiger partial charge on any atom is -0.335 e. The van der Waals surface area contributed by atoms with Gasteiger partial charge in [0, 0.05) is 18.3 Å². The van der Waals surface area contributed by atoms with E-state index >= 15 is 0 Å². The smallest absolute Gasteiger partial charge is 0.261 e. The maximum Gasteiger partial charge on any atom is 0.261 e. The van der Waals surface area contributed by atoms with Crippen LogP contribution in [0.5, 0.6) is 0 Å². The van der Waals surface area contributed by atoms with Crippen molar-refractivity contribution in [1.29, 1.82) is 0 Å². The largest absolute Gasteiger partial charge is 0.335 e. The average molecular weight is 492 g/mol. The highest BCUT2D eigenvalue weighted by Crippen LogP contribution is 2.24. The van der Waals surface area contributed by atoms with Gasteiger partial charge in [-0.2, -0.15) is 0 Å². The molecule has 0 bridgehead atoms. The monoisotopic (exact) mass is 491 g/mol.